The van der Waals surface area contributed by atoms with Gasteiger partial charge in [-0.1, -0.05) is 31.2 Å². The van der Waals surface area contributed by atoms with Gasteiger partial charge in [-0.25, -0.2) is 0 Å². The lowest BCUT2D eigenvalue weighted by Crippen LogP contribution is -2.48. The zero-order chi connectivity index (χ0) is 25.7. The SMILES string of the molecule is CCCC(=O)N1CCN(c2ccc(NC(=S)NC(=O)c3cc4ccccc4c(Br)c3OC)cc2)CC1. The lowest BCUT2D eigenvalue weighted by atomic mass is 10.1. The topological polar surface area (TPSA) is 73.9 Å². The van der Waals surface area contributed by atoms with Crippen LogP contribution in [0.1, 0.15) is 30.1 Å². The zero-order valence-electron chi connectivity index (χ0n) is 20.3. The van der Waals surface area contributed by atoms with Gasteiger partial charge in [-0.2, -0.15) is 0 Å². The monoisotopic (exact) mass is 568 g/mol. The van der Waals surface area contributed by atoms with Crippen LogP contribution in [-0.2, 0) is 4.79 Å². The highest BCUT2D eigenvalue weighted by atomic mass is 79.9. The number of nitrogens with one attached hydrogen (secondary N) is 2. The Balaban J connectivity index is 1.37. The van der Waals surface area contributed by atoms with E-state index in [4.69, 9.17) is 17.0 Å². The standard InChI is InChI=1S/C27H29BrN4O3S/c1-3-6-23(33)32-15-13-31(14-16-32)20-11-9-19(10-12-20)29-27(36)30-26(34)22-17-18-7-4-5-8-21(18)24(28)25(22)35-2/h4-5,7-12,17H,3,6,13-16H2,1-2H3,(H2,29,30,34,36). The molecule has 9 heteroatoms. The molecule has 0 atom stereocenters. The summed E-state index contributed by atoms with van der Waals surface area (Å²) in [6.07, 6.45) is 1.49. The Hall–Kier alpha value is -3.17. The smallest absolute Gasteiger partial charge is 0.261 e. The first kappa shape index (κ1) is 25.9. The van der Waals surface area contributed by atoms with Crippen LogP contribution in [0.25, 0.3) is 10.8 Å². The van der Waals surface area contributed by atoms with Gasteiger partial charge in [0.05, 0.1) is 17.1 Å². The van der Waals surface area contributed by atoms with Gasteiger partial charge in [-0.3, -0.25) is 14.9 Å². The minimum atomic E-state index is -0.358. The van der Waals surface area contributed by atoms with Crippen molar-refractivity contribution < 1.29 is 14.3 Å². The number of amides is 2. The van der Waals surface area contributed by atoms with E-state index in [1.54, 1.807) is 6.07 Å². The Labute approximate surface area is 224 Å². The number of methoxy groups -OCH3 is 1. The fourth-order valence-electron chi connectivity index (χ4n) is 4.33. The summed E-state index contributed by atoms with van der Waals surface area (Å²) in [5.41, 5.74) is 2.25. The van der Waals surface area contributed by atoms with Crippen molar-refractivity contribution >= 4 is 67.2 Å². The molecular weight excluding hydrogens is 540 g/mol. The van der Waals surface area contributed by atoms with Crippen molar-refractivity contribution in [2.75, 3.05) is 43.5 Å². The van der Waals surface area contributed by atoms with Gasteiger partial charge in [0.1, 0.15) is 5.75 Å². The second kappa shape index (κ2) is 11.7. The number of hydrogen-bond donors (Lipinski definition) is 2. The molecule has 188 valence electrons. The Kier molecular flexibility index (Phi) is 8.43. The number of carbonyl (C=O) groups excluding carboxylic acids is 2. The average molecular weight is 570 g/mol. The third kappa shape index (κ3) is 5.79. The number of nitrogens with zero attached hydrogens (tertiary/aromatic N) is 2. The Morgan fingerprint density at radius 2 is 1.75 bits per heavy atom. The van der Waals surface area contributed by atoms with Gasteiger partial charge in [0.15, 0.2) is 5.11 Å². The summed E-state index contributed by atoms with van der Waals surface area (Å²) in [5, 5.41) is 7.89. The van der Waals surface area contributed by atoms with Crippen LogP contribution in [-0.4, -0.2) is 55.1 Å². The number of halogens is 1. The van der Waals surface area contributed by atoms with E-state index in [2.05, 4.69) is 31.5 Å². The molecule has 1 saturated heterocycles. The third-order valence-corrected chi connectivity index (χ3v) is 7.19. The van der Waals surface area contributed by atoms with Gasteiger partial charge in [-0.15, -0.1) is 0 Å². The maximum absolute atomic E-state index is 13.0. The van der Waals surface area contributed by atoms with E-state index in [0.717, 1.165) is 59.2 Å². The van der Waals surface area contributed by atoms with Crippen molar-refractivity contribution in [1.29, 1.82) is 0 Å². The molecule has 0 bridgehead atoms. The van der Waals surface area contributed by atoms with E-state index in [9.17, 15) is 9.59 Å². The van der Waals surface area contributed by atoms with E-state index < -0.39 is 0 Å². The summed E-state index contributed by atoms with van der Waals surface area (Å²) >= 11 is 8.95. The molecule has 1 aliphatic heterocycles. The molecule has 7 nitrogen and oxygen atoms in total. The minimum absolute atomic E-state index is 0.196. The Bertz CT molecular complexity index is 1270. The maximum Gasteiger partial charge on any atom is 0.261 e. The van der Waals surface area contributed by atoms with Crippen molar-refractivity contribution in [3.05, 3.63) is 64.6 Å². The van der Waals surface area contributed by atoms with Crippen LogP contribution in [0.15, 0.2) is 59.1 Å². The molecule has 0 radical (unpaired) electrons. The van der Waals surface area contributed by atoms with Crippen molar-refractivity contribution in [1.82, 2.24) is 10.2 Å². The summed E-state index contributed by atoms with van der Waals surface area (Å²) in [6.45, 7) is 5.12. The highest BCUT2D eigenvalue weighted by Gasteiger charge is 2.21. The number of anilines is 2. The summed E-state index contributed by atoms with van der Waals surface area (Å²) in [4.78, 5) is 29.3. The first-order chi connectivity index (χ1) is 17.4. The van der Waals surface area contributed by atoms with Crippen molar-refractivity contribution in [2.24, 2.45) is 0 Å². The second-order valence-corrected chi connectivity index (χ2v) is 9.77. The van der Waals surface area contributed by atoms with Crippen LogP contribution in [0.4, 0.5) is 11.4 Å². The lowest BCUT2D eigenvalue weighted by molar-refractivity contribution is -0.131. The van der Waals surface area contributed by atoms with Crippen molar-refractivity contribution in [2.45, 2.75) is 19.8 Å². The van der Waals surface area contributed by atoms with Gasteiger partial charge >= 0.3 is 0 Å². The van der Waals surface area contributed by atoms with E-state index in [-0.39, 0.29) is 16.9 Å². The van der Waals surface area contributed by atoms with Gasteiger partial charge in [-0.05, 0) is 75.7 Å². The fourth-order valence-corrected chi connectivity index (χ4v) is 5.27. The lowest BCUT2D eigenvalue weighted by Gasteiger charge is -2.36. The highest BCUT2D eigenvalue weighted by molar-refractivity contribution is 9.10. The molecule has 0 unspecified atom stereocenters. The number of fused-ring (bicyclic) bond motifs is 1. The number of piperazine rings is 1. The van der Waals surface area contributed by atoms with Crippen LogP contribution in [0.5, 0.6) is 5.75 Å². The molecule has 1 fully saturated rings. The van der Waals surface area contributed by atoms with E-state index in [1.165, 1.54) is 7.11 Å². The quantitative estimate of drug-likeness (QED) is 0.399. The van der Waals surface area contributed by atoms with Crippen LogP contribution in [0.3, 0.4) is 0 Å². The molecule has 36 heavy (non-hydrogen) atoms. The predicted molar refractivity (Wildman–Crippen MR) is 152 cm³/mol. The molecule has 2 N–H and O–H groups in total. The number of benzene rings is 3. The average Bonchev–Trinajstić information content (AvgIpc) is 2.89. The molecule has 4 rings (SSSR count). The van der Waals surface area contributed by atoms with Gasteiger partial charge in [0.25, 0.3) is 5.91 Å². The van der Waals surface area contributed by atoms with Gasteiger partial charge in [0, 0.05) is 44.0 Å². The molecule has 0 aliphatic carbocycles. The molecule has 3 aromatic carbocycles. The molecule has 2 amide bonds. The predicted octanol–water partition coefficient (Wildman–Crippen LogP) is 5.19. The zero-order valence-corrected chi connectivity index (χ0v) is 22.7. The van der Waals surface area contributed by atoms with Gasteiger partial charge < -0.3 is 19.9 Å². The summed E-state index contributed by atoms with van der Waals surface area (Å²) in [5.74, 6) is 0.332. The van der Waals surface area contributed by atoms with Crippen LogP contribution >= 0.6 is 28.1 Å². The summed E-state index contributed by atoms with van der Waals surface area (Å²) in [7, 11) is 1.53. The molecule has 1 aliphatic rings. The third-order valence-electron chi connectivity index (χ3n) is 6.20. The fraction of sp³-hybridized carbons (Fsp3) is 0.296. The Morgan fingerprint density at radius 3 is 2.42 bits per heavy atom. The number of ether oxygens (including phenoxy) is 1. The van der Waals surface area contributed by atoms with Crippen LogP contribution in [0.2, 0.25) is 0 Å². The number of thiocarbonyl (C=S) groups is 1. The van der Waals surface area contributed by atoms with E-state index >= 15 is 0 Å². The molecule has 0 spiro atoms. The minimum Gasteiger partial charge on any atom is -0.495 e. The van der Waals surface area contributed by atoms with Crippen LogP contribution in [0, 0.1) is 0 Å². The van der Waals surface area contributed by atoms with E-state index in [0.29, 0.717) is 17.7 Å². The van der Waals surface area contributed by atoms with Crippen molar-refractivity contribution in [3.8, 4) is 5.75 Å². The summed E-state index contributed by atoms with van der Waals surface area (Å²) < 4.78 is 6.23. The molecule has 3 aromatic rings. The molecule has 1 heterocycles. The van der Waals surface area contributed by atoms with E-state index in [1.807, 2.05) is 60.4 Å². The van der Waals surface area contributed by atoms with Crippen molar-refractivity contribution in [3.63, 3.8) is 0 Å². The highest BCUT2D eigenvalue weighted by Crippen LogP contribution is 2.36. The second-order valence-electron chi connectivity index (χ2n) is 8.57. The molecule has 0 aromatic heterocycles. The van der Waals surface area contributed by atoms with Crippen LogP contribution < -0.4 is 20.3 Å². The first-order valence-corrected chi connectivity index (χ1v) is 13.1. The maximum atomic E-state index is 13.0. The molecular formula is C27H29BrN4O3S. The van der Waals surface area contributed by atoms with Gasteiger partial charge in [0.2, 0.25) is 5.91 Å². The number of carbonyl (C=O) groups is 2. The molecule has 0 saturated carbocycles. The largest absolute Gasteiger partial charge is 0.495 e. The Morgan fingerprint density at radius 1 is 1.06 bits per heavy atom. The first-order valence-electron chi connectivity index (χ1n) is 11.9. The number of rotatable bonds is 6. The number of hydrogen-bond acceptors (Lipinski definition) is 5. The normalized spacial score (nSPS) is 13.4. The summed E-state index contributed by atoms with van der Waals surface area (Å²) in [6, 6.07) is 17.4.